The third-order valence-electron chi connectivity index (χ3n) is 3.67. The second-order valence-corrected chi connectivity index (χ2v) is 5.67. The number of anilines is 2. The SMILES string of the molecule is COc1ccc(Cl)cc1NC(=O)c1ccnc(N2CCCC2)n1. The van der Waals surface area contributed by atoms with Crippen LogP contribution >= 0.6 is 11.6 Å². The van der Waals surface area contributed by atoms with Crippen LogP contribution in [0, 0.1) is 0 Å². The zero-order valence-electron chi connectivity index (χ0n) is 12.8. The fourth-order valence-electron chi connectivity index (χ4n) is 2.51. The maximum Gasteiger partial charge on any atom is 0.274 e. The molecule has 1 N–H and O–H groups in total. The van der Waals surface area contributed by atoms with E-state index in [9.17, 15) is 4.79 Å². The van der Waals surface area contributed by atoms with E-state index in [1.807, 2.05) is 0 Å². The van der Waals surface area contributed by atoms with Gasteiger partial charge in [-0.1, -0.05) is 11.6 Å². The predicted molar refractivity (Wildman–Crippen MR) is 89.4 cm³/mol. The Hall–Kier alpha value is -2.34. The monoisotopic (exact) mass is 332 g/mol. The molecule has 1 aliphatic rings. The molecule has 1 aromatic heterocycles. The molecule has 3 rings (SSSR count). The second-order valence-electron chi connectivity index (χ2n) is 5.23. The van der Waals surface area contributed by atoms with Crippen molar-refractivity contribution >= 4 is 29.1 Å². The first-order valence-electron chi connectivity index (χ1n) is 7.40. The Morgan fingerprint density at radius 1 is 1.30 bits per heavy atom. The highest BCUT2D eigenvalue weighted by Crippen LogP contribution is 2.28. The number of ether oxygens (including phenoxy) is 1. The number of nitrogens with one attached hydrogen (secondary N) is 1. The Bertz CT molecular complexity index is 717. The third-order valence-corrected chi connectivity index (χ3v) is 3.91. The lowest BCUT2D eigenvalue weighted by Gasteiger charge is -2.15. The average Bonchev–Trinajstić information content (AvgIpc) is 3.10. The zero-order chi connectivity index (χ0) is 16.2. The first kappa shape index (κ1) is 15.6. The van der Waals surface area contributed by atoms with Crippen LogP contribution in [0.25, 0.3) is 0 Å². The number of methoxy groups -OCH3 is 1. The molecule has 0 bridgehead atoms. The Balaban J connectivity index is 1.81. The molecule has 1 fully saturated rings. The molecule has 0 saturated carbocycles. The van der Waals surface area contributed by atoms with Gasteiger partial charge < -0.3 is 15.0 Å². The van der Waals surface area contributed by atoms with E-state index >= 15 is 0 Å². The molecule has 2 aromatic rings. The van der Waals surface area contributed by atoms with Gasteiger partial charge in [0.2, 0.25) is 5.95 Å². The number of carbonyl (C=O) groups is 1. The Morgan fingerprint density at radius 3 is 2.83 bits per heavy atom. The van der Waals surface area contributed by atoms with Gasteiger partial charge in [-0.2, -0.15) is 0 Å². The minimum atomic E-state index is -0.326. The molecular formula is C16H17ClN4O2. The largest absolute Gasteiger partial charge is 0.495 e. The van der Waals surface area contributed by atoms with E-state index in [2.05, 4.69) is 20.2 Å². The summed E-state index contributed by atoms with van der Waals surface area (Å²) in [5.41, 5.74) is 0.815. The molecule has 6 nitrogen and oxygen atoms in total. The van der Waals surface area contributed by atoms with Gasteiger partial charge >= 0.3 is 0 Å². The fourth-order valence-corrected chi connectivity index (χ4v) is 2.68. The van der Waals surface area contributed by atoms with Crippen LogP contribution in [-0.4, -0.2) is 36.1 Å². The Labute approximate surface area is 139 Å². The van der Waals surface area contributed by atoms with Gasteiger partial charge in [0.05, 0.1) is 12.8 Å². The minimum absolute atomic E-state index is 0.309. The summed E-state index contributed by atoms with van der Waals surface area (Å²) in [4.78, 5) is 23.1. The van der Waals surface area contributed by atoms with Gasteiger partial charge in [-0.25, -0.2) is 9.97 Å². The number of hydrogen-bond donors (Lipinski definition) is 1. The van der Waals surface area contributed by atoms with Gasteiger partial charge in [-0.15, -0.1) is 0 Å². The fraction of sp³-hybridized carbons (Fsp3) is 0.312. The lowest BCUT2D eigenvalue weighted by molar-refractivity contribution is 0.102. The molecule has 1 aliphatic heterocycles. The van der Waals surface area contributed by atoms with Crippen LogP contribution in [0.2, 0.25) is 5.02 Å². The molecule has 0 atom stereocenters. The number of aromatic nitrogens is 2. The highest BCUT2D eigenvalue weighted by Gasteiger charge is 2.17. The number of rotatable bonds is 4. The number of carbonyl (C=O) groups excluding carboxylic acids is 1. The molecule has 1 amide bonds. The van der Waals surface area contributed by atoms with Gasteiger partial charge in [0.25, 0.3) is 5.91 Å². The summed E-state index contributed by atoms with van der Waals surface area (Å²) in [6.45, 7) is 1.85. The Morgan fingerprint density at radius 2 is 2.09 bits per heavy atom. The molecule has 0 unspecified atom stereocenters. The van der Waals surface area contributed by atoms with Crippen molar-refractivity contribution in [2.45, 2.75) is 12.8 Å². The van der Waals surface area contributed by atoms with E-state index in [0.29, 0.717) is 28.1 Å². The topological polar surface area (TPSA) is 67.3 Å². The number of nitrogens with zero attached hydrogens (tertiary/aromatic N) is 3. The molecule has 1 aromatic carbocycles. The average molecular weight is 333 g/mol. The summed E-state index contributed by atoms with van der Waals surface area (Å²) in [6, 6.07) is 6.63. The highest BCUT2D eigenvalue weighted by atomic mass is 35.5. The molecule has 120 valence electrons. The van der Waals surface area contributed by atoms with Crippen LogP contribution in [0.5, 0.6) is 5.75 Å². The summed E-state index contributed by atoms with van der Waals surface area (Å²) in [6.07, 6.45) is 3.85. The second kappa shape index (κ2) is 6.83. The van der Waals surface area contributed by atoms with Crippen molar-refractivity contribution in [3.05, 3.63) is 41.2 Å². The number of hydrogen-bond acceptors (Lipinski definition) is 5. The first-order valence-corrected chi connectivity index (χ1v) is 7.78. The first-order chi connectivity index (χ1) is 11.2. The number of halogens is 1. The number of amides is 1. The van der Waals surface area contributed by atoms with Crippen LogP contribution < -0.4 is 15.0 Å². The normalized spacial score (nSPS) is 13.9. The van der Waals surface area contributed by atoms with Crippen molar-refractivity contribution in [1.82, 2.24) is 9.97 Å². The summed E-state index contributed by atoms with van der Waals surface area (Å²) in [7, 11) is 1.54. The summed E-state index contributed by atoms with van der Waals surface area (Å²) < 4.78 is 5.23. The Kier molecular flexibility index (Phi) is 4.62. The lowest BCUT2D eigenvalue weighted by Crippen LogP contribution is -2.22. The zero-order valence-corrected chi connectivity index (χ0v) is 13.5. The van der Waals surface area contributed by atoms with Crippen LogP contribution in [0.1, 0.15) is 23.3 Å². The quantitative estimate of drug-likeness (QED) is 0.932. The molecule has 7 heteroatoms. The van der Waals surface area contributed by atoms with Crippen molar-refractivity contribution in [2.75, 3.05) is 30.4 Å². The van der Waals surface area contributed by atoms with Crippen molar-refractivity contribution in [3.63, 3.8) is 0 Å². The predicted octanol–water partition coefficient (Wildman–Crippen LogP) is 2.99. The van der Waals surface area contributed by atoms with Crippen LogP contribution in [0.3, 0.4) is 0 Å². The highest BCUT2D eigenvalue weighted by molar-refractivity contribution is 6.31. The van der Waals surface area contributed by atoms with Gasteiger partial charge in [-0.3, -0.25) is 4.79 Å². The minimum Gasteiger partial charge on any atom is -0.495 e. The van der Waals surface area contributed by atoms with E-state index in [4.69, 9.17) is 16.3 Å². The van der Waals surface area contributed by atoms with E-state index in [1.165, 1.54) is 7.11 Å². The van der Waals surface area contributed by atoms with Crippen LogP contribution in [0.4, 0.5) is 11.6 Å². The molecule has 1 saturated heterocycles. The van der Waals surface area contributed by atoms with Gasteiger partial charge in [0.1, 0.15) is 11.4 Å². The van der Waals surface area contributed by atoms with Crippen LogP contribution in [-0.2, 0) is 0 Å². The van der Waals surface area contributed by atoms with E-state index in [1.54, 1.807) is 30.5 Å². The standard InChI is InChI=1S/C16H17ClN4O2/c1-23-14-5-4-11(17)10-13(14)19-15(22)12-6-7-18-16(20-12)21-8-2-3-9-21/h4-7,10H,2-3,8-9H2,1H3,(H,19,22). The van der Waals surface area contributed by atoms with E-state index < -0.39 is 0 Å². The molecule has 0 radical (unpaired) electrons. The van der Waals surface area contributed by atoms with Gasteiger partial charge in [-0.05, 0) is 37.1 Å². The molecule has 0 aliphatic carbocycles. The molecule has 0 spiro atoms. The van der Waals surface area contributed by atoms with Gasteiger partial charge in [0, 0.05) is 24.3 Å². The molecule has 2 heterocycles. The van der Waals surface area contributed by atoms with Crippen molar-refractivity contribution < 1.29 is 9.53 Å². The smallest absolute Gasteiger partial charge is 0.274 e. The van der Waals surface area contributed by atoms with Crippen LogP contribution in [0.15, 0.2) is 30.5 Å². The third kappa shape index (κ3) is 3.53. The maximum absolute atomic E-state index is 12.4. The lowest BCUT2D eigenvalue weighted by atomic mass is 10.2. The molecule has 23 heavy (non-hydrogen) atoms. The van der Waals surface area contributed by atoms with Crippen molar-refractivity contribution in [3.8, 4) is 5.75 Å². The summed E-state index contributed by atoms with van der Waals surface area (Å²) in [5.74, 6) is 0.804. The summed E-state index contributed by atoms with van der Waals surface area (Å²) in [5, 5.41) is 3.29. The van der Waals surface area contributed by atoms with Crippen molar-refractivity contribution in [1.29, 1.82) is 0 Å². The summed E-state index contributed by atoms with van der Waals surface area (Å²) >= 11 is 5.98. The van der Waals surface area contributed by atoms with Gasteiger partial charge in [0.15, 0.2) is 0 Å². The molecular weight excluding hydrogens is 316 g/mol. The van der Waals surface area contributed by atoms with E-state index in [-0.39, 0.29) is 5.91 Å². The number of benzene rings is 1. The maximum atomic E-state index is 12.4. The van der Waals surface area contributed by atoms with Crippen molar-refractivity contribution in [2.24, 2.45) is 0 Å². The van der Waals surface area contributed by atoms with E-state index in [0.717, 1.165) is 25.9 Å².